The van der Waals surface area contributed by atoms with Crippen molar-refractivity contribution in [3.05, 3.63) is 53.3 Å². The summed E-state index contributed by atoms with van der Waals surface area (Å²) >= 11 is 0. The van der Waals surface area contributed by atoms with Crippen LogP contribution in [0, 0.1) is 6.92 Å². The monoisotopic (exact) mass is 383 g/mol. The first-order valence-corrected chi connectivity index (χ1v) is 9.92. The topological polar surface area (TPSA) is 79.4 Å². The summed E-state index contributed by atoms with van der Waals surface area (Å²) in [4.78, 5) is 23.5. The number of ether oxygens (including phenoxy) is 1. The Morgan fingerprint density at radius 2 is 1.93 bits per heavy atom. The number of carbonyl (C=O) groups is 1. The van der Waals surface area contributed by atoms with E-state index in [1.807, 2.05) is 13.0 Å². The fourth-order valence-electron chi connectivity index (χ4n) is 3.14. The highest BCUT2D eigenvalue weighted by atomic mass is 16.5. The van der Waals surface area contributed by atoms with Crippen LogP contribution in [0.2, 0.25) is 0 Å². The van der Waals surface area contributed by atoms with Crippen molar-refractivity contribution in [1.29, 1.82) is 0 Å². The standard InChI is InChI=1S/C21H29N5O2/c1-17-16-19(20(27)22-10-11-26-12-14-28-15-13-26)25-21(24-17)23-9-5-8-18-6-3-2-4-7-18/h2-4,6-7,16H,5,8-15H2,1H3,(H,22,27)(H,23,24,25). The predicted molar refractivity (Wildman–Crippen MR) is 110 cm³/mol. The Labute approximate surface area is 166 Å². The summed E-state index contributed by atoms with van der Waals surface area (Å²) in [6.07, 6.45) is 1.97. The molecule has 0 aliphatic carbocycles. The van der Waals surface area contributed by atoms with Gasteiger partial charge >= 0.3 is 0 Å². The van der Waals surface area contributed by atoms with Crippen LogP contribution in [0.25, 0.3) is 0 Å². The number of nitrogens with one attached hydrogen (secondary N) is 2. The lowest BCUT2D eigenvalue weighted by Gasteiger charge is -2.26. The van der Waals surface area contributed by atoms with Crippen molar-refractivity contribution in [2.75, 3.05) is 51.3 Å². The van der Waals surface area contributed by atoms with Crippen molar-refractivity contribution in [1.82, 2.24) is 20.2 Å². The molecule has 1 aliphatic rings. The highest BCUT2D eigenvalue weighted by molar-refractivity contribution is 5.92. The quantitative estimate of drug-likeness (QED) is 0.644. The van der Waals surface area contributed by atoms with Gasteiger partial charge in [0.15, 0.2) is 0 Å². The summed E-state index contributed by atoms with van der Waals surface area (Å²) in [6, 6.07) is 12.1. The van der Waals surface area contributed by atoms with Gasteiger partial charge in [0.25, 0.3) is 5.91 Å². The van der Waals surface area contributed by atoms with Crippen LogP contribution in [0.3, 0.4) is 0 Å². The molecule has 0 spiro atoms. The van der Waals surface area contributed by atoms with E-state index in [1.165, 1.54) is 5.56 Å². The Bertz CT molecular complexity index is 748. The van der Waals surface area contributed by atoms with Gasteiger partial charge in [-0.15, -0.1) is 0 Å². The third-order valence-corrected chi connectivity index (χ3v) is 4.67. The Hall–Kier alpha value is -2.51. The molecule has 0 bridgehead atoms. The van der Waals surface area contributed by atoms with Crippen molar-refractivity contribution in [3.63, 3.8) is 0 Å². The van der Waals surface area contributed by atoms with Crippen LogP contribution in [-0.2, 0) is 11.2 Å². The van der Waals surface area contributed by atoms with Crippen LogP contribution in [0.15, 0.2) is 36.4 Å². The van der Waals surface area contributed by atoms with Gasteiger partial charge < -0.3 is 15.4 Å². The first kappa shape index (κ1) is 20.2. The number of morpholine rings is 1. The van der Waals surface area contributed by atoms with Crippen molar-refractivity contribution >= 4 is 11.9 Å². The van der Waals surface area contributed by atoms with Gasteiger partial charge in [-0.25, -0.2) is 9.97 Å². The number of hydrogen-bond donors (Lipinski definition) is 2. The lowest BCUT2D eigenvalue weighted by molar-refractivity contribution is 0.0383. The van der Waals surface area contributed by atoms with Crippen LogP contribution in [0.4, 0.5) is 5.95 Å². The molecule has 0 saturated carbocycles. The zero-order chi connectivity index (χ0) is 19.6. The molecule has 1 fully saturated rings. The average Bonchev–Trinajstić information content (AvgIpc) is 2.72. The highest BCUT2D eigenvalue weighted by Crippen LogP contribution is 2.07. The van der Waals surface area contributed by atoms with Gasteiger partial charge in [0, 0.05) is 38.4 Å². The molecule has 0 radical (unpaired) electrons. The number of aryl methyl sites for hydroxylation is 2. The maximum Gasteiger partial charge on any atom is 0.270 e. The van der Waals surface area contributed by atoms with Crippen molar-refractivity contribution in [3.8, 4) is 0 Å². The minimum atomic E-state index is -0.161. The molecule has 1 aliphatic heterocycles. The van der Waals surface area contributed by atoms with Crippen molar-refractivity contribution in [2.45, 2.75) is 19.8 Å². The smallest absolute Gasteiger partial charge is 0.270 e. The molecule has 1 saturated heterocycles. The fourth-order valence-corrected chi connectivity index (χ4v) is 3.14. The van der Waals surface area contributed by atoms with Gasteiger partial charge in [-0.3, -0.25) is 9.69 Å². The molecular weight excluding hydrogens is 354 g/mol. The summed E-state index contributed by atoms with van der Waals surface area (Å²) < 4.78 is 5.34. The van der Waals surface area contributed by atoms with E-state index in [1.54, 1.807) is 6.07 Å². The van der Waals surface area contributed by atoms with Crippen LogP contribution in [-0.4, -0.2) is 66.7 Å². The number of hydrogen-bond acceptors (Lipinski definition) is 6. The molecule has 28 heavy (non-hydrogen) atoms. The summed E-state index contributed by atoms with van der Waals surface area (Å²) in [6.45, 7) is 7.42. The van der Waals surface area contributed by atoms with Crippen LogP contribution >= 0.6 is 0 Å². The van der Waals surface area contributed by atoms with Gasteiger partial charge in [-0.05, 0) is 31.4 Å². The highest BCUT2D eigenvalue weighted by Gasteiger charge is 2.13. The maximum absolute atomic E-state index is 12.4. The third kappa shape index (κ3) is 6.58. The van der Waals surface area contributed by atoms with Crippen molar-refractivity contribution < 1.29 is 9.53 Å². The molecule has 0 unspecified atom stereocenters. The number of benzene rings is 1. The van der Waals surface area contributed by atoms with Crippen molar-refractivity contribution in [2.24, 2.45) is 0 Å². The summed E-state index contributed by atoms with van der Waals surface area (Å²) in [7, 11) is 0. The Balaban J connectivity index is 1.44. The minimum Gasteiger partial charge on any atom is -0.379 e. The number of rotatable bonds is 9. The second-order valence-electron chi connectivity index (χ2n) is 6.94. The maximum atomic E-state index is 12.4. The van der Waals surface area contributed by atoms with E-state index in [2.05, 4.69) is 49.8 Å². The third-order valence-electron chi connectivity index (χ3n) is 4.67. The van der Waals surface area contributed by atoms with Crippen LogP contribution in [0.1, 0.15) is 28.2 Å². The number of nitrogens with zero attached hydrogens (tertiary/aromatic N) is 3. The Morgan fingerprint density at radius 1 is 1.14 bits per heavy atom. The SMILES string of the molecule is Cc1cc(C(=O)NCCN2CCOCC2)nc(NCCCc2ccccc2)n1. The second-order valence-corrected chi connectivity index (χ2v) is 6.94. The molecule has 7 nitrogen and oxygen atoms in total. The molecule has 150 valence electrons. The summed E-state index contributed by atoms with van der Waals surface area (Å²) in [5, 5.41) is 6.18. The molecule has 1 aromatic carbocycles. The average molecular weight is 383 g/mol. The molecule has 1 aromatic heterocycles. The molecular formula is C21H29N5O2. The normalized spacial score (nSPS) is 14.6. The first-order chi connectivity index (χ1) is 13.7. The van der Waals surface area contributed by atoms with Gasteiger partial charge in [-0.1, -0.05) is 30.3 Å². The van der Waals surface area contributed by atoms with Crippen LogP contribution < -0.4 is 10.6 Å². The predicted octanol–water partition coefficient (Wildman–Crippen LogP) is 1.89. The van der Waals surface area contributed by atoms with Gasteiger partial charge in [-0.2, -0.15) is 0 Å². The number of anilines is 1. The number of aromatic nitrogens is 2. The van der Waals surface area contributed by atoms with E-state index in [-0.39, 0.29) is 5.91 Å². The van der Waals surface area contributed by atoms with E-state index in [4.69, 9.17) is 4.74 Å². The molecule has 1 amide bonds. The van der Waals surface area contributed by atoms with Gasteiger partial charge in [0.05, 0.1) is 13.2 Å². The lowest BCUT2D eigenvalue weighted by Crippen LogP contribution is -2.41. The molecule has 7 heteroatoms. The van der Waals surface area contributed by atoms with E-state index in [0.717, 1.165) is 57.9 Å². The van der Waals surface area contributed by atoms with Crippen LogP contribution in [0.5, 0.6) is 0 Å². The molecule has 2 heterocycles. The second kappa shape index (κ2) is 10.7. The van der Waals surface area contributed by atoms with Gasteiger partial charge in [0.2, 0.25) is 5.95 Å². The fraction of sp³-hybridized carbons (Fsp3) is 0.476. The van der Waals surface area contributed by atoms with Gasteiger partial charge in [0.1, 0.15) is 5.69 Å². The summed E-state index contributed by atoms with van der Waals surface area (Å²) in [5.74, 6) is 0.345. The van der Waals surface area contributed by atoms with E-state index >= 15 is 0 Å². The molecule has 3 rings (SSSR count). The van der Waals surface area contributed by atoms with E-state index < -0.39 is 0 Å². The zero-order valence-electron chi connectivity index (χ0n) is 16.5. The molecule has 0 atom stereocenters. The lowest BCUT2D eigenvalue weighted by atomic mass is 10.1. The number of carbonyl (C=O) groups excluding carboxylic acids is 1. The zero-order valence-corrected chi connectivity index (χ0v) is 16.5. The number of amides is 1. The van der Waals surface area contributed by atoms with E-state index in [9.17, 15) is 4.79 Å². The first-order valence-electron chi connectivity index (χ1n) is 9.92. The van der Waals surface area contributed by atoms with E-state index in [0.29, 0.717) is 18.2 Å². The molecule has 2 N–H and O–H groups in total. The minimum absolute atomic E-state index is 0.161. The largest absolute Gasteiger partial charge is 0.379 e. The molecule has 2 aromatic rings. The Kier molecular flexibility index (Phi) is 7.75. The Morgan fingerprint density at radius 3 is 2.71 bits per heavy atom. The summed E-state index contributed by atoms with van der Waals surface area (Å²) in [5.41, 5.74) is 2.49.